The van der Waals surface area contributed by atoms with Crippen molar-refractivity contribution in [1.29, 1.82) is 0 Å². The molecule has 18 heavy (non-hydrogen) atoms. The van der Waals surface area contributed by atoms with Crippen LogP contribution in [0.3, 0.4) is 0 Å². The SMILES string of the molecule is CCC1CCC(CN)(NCCC2=CCCC2)CC1. The van der Waals surface area contributed by atoms with Crippen LogP contribution in [0.4, 0.5) is 0 Å². The van der Waals surface area contributed by atoms with Crippen LogP contribution in [0.5, 0.6) is 0 Å². The van der Waals surface area contributed by atoms with Crippen molar-refractivity contribution in [3.8, 4) is 0 Å². The summed E-state index contributed by atoms with van der Waals surface area (Å²) in [5.41, 5.74) is 7.96. The van der Waals surface area contributed by atoms with Crippen molar-refractivity contribution in [3.05, 3.63) is 11.6 Å². The highest BCUT2D eigenvalue weighted by molar-refractivity contribution is 5.08. The zero-order valence-electron chi connectivity index (χ0n) is 12.0. The lowest BCUT2D eigenvalue weighted by Crippen LogP contribution is -2.53. The molecule has 0 spiro atoms. The molecule has 0 atom stereocenters. The third kappa shape index (κ3) is 3.58. The fraction of sp³-hybridized carbons (Fsp3) is 0.875. The zero-order chi connectivity index (χ0) is 12.8. The first-order valence-corrected chi connectivity index (χ1v) is 7.91. The molecule has 1 saturated carbocycles. The van der Waals surface area contributed by atoms with Crippen molar-refractivity contribution in [2.24, 2.45) is 11.7 Å². The van der Waals surface area contributed by atoms with Gasteiger partial charge in [-0.2, -0.15) is 0 Å². The predicted octanol–water partition coefficient (Wildman–Crippen LogP) is 3.37. The molecule has 2 rings (SSSR count). The van der Waals surface area contributed by atoms with Gasteiger partial charge in [0, 0.05) is 12.1 Å². The van der Waals surface area contributed by atoms with Crippen LogP contribution in [0.1, 0.15) is 64.7 Å². The van der Waals surface area contributed by atoms with E-state index in [0.717, 1.165) is 19.0 Å². The van der Waals surface area contributed by atoms with Gasteiger partial charge in [0.25, 0.3) is 0 Å². The van der Waals surface area contributed by atoms with Gasteiger partial charge in [-0.25, -0.2) is 0 Å². The van der Waals surface area contributed by atoms with Crippen LogP contribution >= 0.6 is 0 Å². The maximum absolute atomic E-state index is 6.04. The van der Waals surface area contributed by atoms with E-state index in [1.807, 2.05) is 0 Å². The van der Waals surface area contributed by atoms with Gasteiger partial charge in [0.15, 0.2) is 0 Å². The van der Waals surface area contributed by atoms with Gasteiger partial charge in [0.2, 0.25) is 0 Å². The smallest absolute Gasteiger partial charge is 0.0304 e. The summed E-state index contributed by atoms with van der Waals surface area (Å²) in [4.78, 5) is 0. The molecule has 2 aliphatic rings. The fourth-order valence-corrected chi connectivity index (χ4v) is 3.54. The van der Waals surface area contributed by atoms with E-state index in [4.69, 9.17) is 5.73 Å². The molecule has 104 valence electrons. The number of hydrogen-bond donors (Lipinski definition) is 2. The average molecular weight is 250 g/mol. The molecule has 0 bridgehead atoms. The molecule has 0 aromatic rings. The minimum Gasteiger partial charge on any atom is -0.329 e. The van der Waals surface area contributed by atoms with E-state index in [0.29, 0.717) is 0 Å². The Morgan fingerprint density at radius 1 is 1.39 bits per heavy atom. The van der Waals surface area contributed by atoms with Gasteiger partial charge in [-0.15, -0.1) is 0 Å². The Morgan fingerprint density at radius 3 is 2.72 bits per heavy atom. The van der Waals surface area contributed by atoms with Gasteiger partial charge >= 0.3 is 0 Å². The van der Waals surface area contributed by atoms with Crippen LogP contribution in [0.15, 0.2) is 11.6 Å². The topological polar surface area (TPSA) is 38.0 Å². The van der Waals surface area contributed by atoms with Crippen LogP contribution in [0, 0.1) is 5.92 Å². The summed E-state index contributed by atoms with van der Waals surface area (Å²) >= 11 is 0. The molecule has 0 radical (unpaired) electrons. The molecular weight excluding hydrogens is 220 g/mol. The summed E-state index contributed by atoms with van der Waals surface area (Å²) in [5.74, 6) is 0.948. The Hall–Kier alpha value is -0.340. The van der Waals surface area contributed by atoms with E-state index in [2.05, 4.69) is 18.3 Å². The Kier molecular flexibility index (Phi) is 5.25. The Labute approximate surface area is 112 Å². The second kappa shape index (κ2) is 6.72. The molecule has 2 aliphatic carbocycles. The van der Waals surface area contributed by atoms with Crippen molar-refractivity contribution < 1.29 is 0 Å². The summed E-state index contributed by atoms with van der Waals surface area (Å²) < 4.78 is 0. The molecule has 0 aliphatic heterocycles. The molecule has 0 unspecified atom stereocenters. The van der Waals surface area contributed by atoms with Crippen LogP contribution in [-0.2, 0) is 0 Å². The van der Waals surface area contributed by atoms with Gasteiger partial charge < -0.3 is 11.1 Å². The Morgan fingerprint density at radius 2 is 2.17 bits per heavy atom. The molecule has 0 heterocycles. The first kappa shape index (κ1) is 14.1. The summed E-state index contributed by atoms with van der Waals surface area (Å²) in [6.07, 6.45) is 14.3. The molecule has 0 amide bonds. The van der Waals surface area contributed by atoms with Crippen LogP contribution < -0.4 is 11.1 Å². The zero-order valence-corrected chi connectivity index (χ0v) is 12.0. The number of nitrogens with two attached hydrogens (primary N) is 1. The minimum absolute atomic E-state index is 0.255. The Bertz CT molecular complexity index is 275. The molecule has 0 saturated heterocycles. The number of allylic oxidation sites excluding steroid dienone is 1. The van der Waals surface area contributed by atoms with E-state index in [9.17, 15) is 0 Å². The highest BCUT2D eigenvalue weighted by Gasteiger charge is 2.32. The molecular formula is C16H30N2. The monoisotopic (exact) mass is 250 g/mol. The van der Waals surface area contributed by atoms with Crippen molar-refractivity contribution in [1.82, 2.24) is 5.32 Å². The second-order valence-corrected chi connectivity index (χ2v) is 6.27. The maximum Gasteiger partial charge on any atom is 0.0304 e. The largest absolute Gasteiger partial charge is 0.329 e. The van der Waals surface area contributed by atoms with Crippen molar-refractivity contribution in [2.75, 3.05) is 13.1 Å². The summed E-state index contributed by atoms with van der Waals surface area (Å²) in [7, 11) is 0. The third-order valence-electron chi connectivity index (χ3n) is 5.11. The second-order valence-electron chi connectivity index (χ2n) is 6.27. The van der Waals surface area contributed by atoms with Crippen molar-refractivity contribution >= 4 is 0 Å². The quantitative estimate of drug-likeness (QED) is 0.709. The number of hydrogen-bond acceptors (Lipinski definition) is 2. The van der Waals surface area contributed by atoms with Crippen LogP contribution in [0.2, 0.25) is 0 Å². The van der Waals surface area contributed by atoms with Crippen LogP contribution in [0.25, 0.3) is 0 Å². The van der Waals surface area contributed by atoms with Crippen LogP contribution in [-0.4, -0.2) is 18.6 Å². The standard InChI is InChI=1S/C16H30N2/c1-2-14-7-10-16(13-17,11-8-14)18-12-9-15-5-3-4-6-15/h5,14,18H,2-4,6-13,17H2,1H3. The van der Waals surface area contributed by atoms with Gasteiger partial charge in [-0.05, 0) is 63.8 Å². The lowest BCUT2D eigenvalue weighted by molar-refractivity contribution is 0.192. The van der Waals surface area contributed by atoms with E-state index in [1.54, 1.807) is 5.57 Å². The molecule has 1 fully saturated rings. The third-order valence-corrected chi connectivity index (χ3v) is 5.11. The fourth-order valence-electron chi connectivity index (χ4n) is 3.54. The number of nitrogens with one attached hydrogen (secondary N) is 1. The Balaban J connectivity index is 1.74. The maximum atomic E-state index is 6.04. The highest BCUT2D eigenvalue weighted by atomic mass is 15.0. The molecule has 2 heteroatoms. The van der Waals surface area contributed by atoms with Gasteiger partial charge in [0.1, 0.15) is 0 Å². The first-order valence-electron chi connectivity index (χ1n) is 7.91. The summed E-state index contributed by atoms with van der Waals surface area (Å²) in [6, 6.07) is 0. The van der Waals surface area contributed by atoms with Gasteiger partial charge in [-0.3, -0.25) is 0 Å². The highest BCUT2D eigenvalue weighted by Crippen LogP contribution is 2.33. The lowest BCUT2D eigenvalue weighted by Gasteiger charge is -2.40. The minimum atomic E-state index is 0.255. The van der Waals surface area contributed by atoms with E-state index >= 15 is 0 Å². The van der Waals surface area contributed by atoms with Gasteiger partial charge in [0.05, 0.1) is 0 Å². The van der Waals surface area contributed by atoms with E-state index in [-0.39, 0.29) is 5.54 Å². The van der Waals surface area contributed by atoms with Gasteiger partial charge in [-0.1, -0.05) is 25.0 Å². The molecule has 0 aromatic heterocycles. The van der Waals surface area contributed by atoms with Crippen molar-refractivity contribution in [3.63, 3.8) is 0 Å². The molecule has 0 aromatic carbocycles. The lowest BCUT2D eigenvalue weighted by atomic mass is 9.75. The summed E-state index contributed by atoms with van der Waals surface area (Å²) in [6.45, 7) is 4.25. The number of rotatable bonds is 6. The predicted molar refractivity (Wildman–Crippen MR) is 78.6 cm³/mol. The average Bonchev–Trinajstić information content (AvgIpc) is 2.93. The van der Waals surface area contributed by atoms with E-state index < -0.39 is 0 Å². The van der Waals surface area contributed by atoms with Crippen molar-refractivity contribution in [2.45, 2.75) is 70.3 Å². The molecule has 2 nitrogen and oxygen atoms in total. The molecule has 3 N–H and O–H groups in total. The normalized spacial score (nSPS) is 32.6. The first-order chi connectivity index (χ1) is 8.78. The van der Waals surface area contributed by atoms with E-state index in [1.165, 1.54) is 57.8 Å². The summed E-state index contributed by atoms with van der Waals surface area (Å²) in [5, 5.41) is 3.79.